The van der Waals surface area contributed by atoms with Gasteiger partial charge in [-0.15, -0.1) is 0 Å². The van der Waals surface area contributed by atoms with Crippen molar-refractivity contribution in [3.8, 4) is 0 Å². The molecular weight excluding hydrogens is 218 g/mol. The molecule has 0 aliphatic rings. The van der Waals surface area contributed by atoms with E-state index in [1.165, 1.54) is 0 Å². The van der Waals surface area contributed by atoms with Gasteiger partial charge in [0, 0.05) is 10.4 Å². The molecule has 0 saturated carbocycles. The largest absolute Gasteiger partial charge is 0.481 e. The molecule has 1 aromatic heterocycles. The van der Waals surface area contributed by atoms with E-state index in [0.29, 0.717) is 21.7 Å². The van der Waals surface area contributed by atoms with Crippen LogP contribution in [0.3, 0.4) is 0 Å². The zero-order valence-corrected chi connectivity index (χ0v) is 8.65. The smallest absolute Gasteiger partial charge is 0.314 e. The van der Waals surface area contributed by atoms with Gasteiger partial charge >= 0.3 is 5.97 Å². The quantitative estimate of drug-likeness (QED) is 0.854. The van der Waals surface area contributed by atoms with Crippen LogP contribution in [0.4, 0.5) is 0 Å². The molecular formula is C10H8ClNO3. The van der Waals surface area contributed by atoms with Crippen LogP contribution in [0.1, 0.15) is 18.6 Å². The number of hydrogen-bond acceptors (Lipinski definition) is 3. The minimum Gasteiger partial charge on any atom is -0.481 e. The van der Waals surface area contributed by atoms with E-state index in [4.69, 9.17) is 21.2 Å². The first-order valence-corrected chi connectivity index (χ1v) is 4.75. The van der Waals surface area contributed by atoms with Crippen molar-refractivity contribution in [3.63, 3.8) is 0 Å². The highest BCUT2D eigenvalue weighted by Crippen LogP contribution is 2.27. The highest BCUT2D eigenvalue weighted by Gasteiger charge is 2.21. The number of carbonyl (C=O) groups is 1. The normalized spacial score (nSPS) is 12.9. The number of nitrogens with zero attached hydrogens (tertiary/aromatic N) is 1. The molecule has 1 unspecified atom stereocenters. The van der Waals surface area contributed by atoms with E-state index >= 15 is 0 Å². The van der Waals surface area contributed by atoms with E-state index in [1.807, 2.05) is 0 Å². The van der Waals surface area contributed by atoms with Crippen LogP contribution in [0.5, 0.6) is 0 Å². The van der Waals surface area contributed by atoms with Gasteiger partial charge in [0.25, 0.3) is 0 Å². The number of fused-ring (bicyclic) bond motifs is 1. The Morgan fingerprint density at radius 1 is 1.60 bits per heavy atom. The van der Waals surface area contributed by atoms with E-state index in [1.54, 1.807) is 25.1 Å². The molecule has 0 amide bonds. The Kier molecular flexibility index (Phi) is 2.36. The van der Waals surface area contributed by atoms with Crippen LogP contribution in [-0.2, 0) is 4.79 Å². The van der Waals surface area contributed by atoms with Gasteiger partial charge in [0.2, 0.25) is 0 Å². The maximum absolute atomic E-state index is 10.8. The Balaban J connectivity index is 2.61. The van der Waals surface area contributed by atoms with Crippen molar-refractivity contribution >= 4 is 28.5 Å². The van der Waals surface area contributed by atoms with Gasteiger partial charge in [-0.05, 0) is 25.1 Å². The zero-order valence-electron chi connectivity index (χ0n) is 7.90. The molecule has 0 radical (unpaired) electrons. The maximum atomic E-state index is 10.8. The molecule has 2 rings (SSSR count). The number of rotatable bonds is 2. The number of aliphatic carboxylic acids is 1. The Hall–Kier alpha value is -1.55. The standard InChI is InChI=1S/C10H8ClNO3/c1-5(10(13)14)9-7-4-6(11)2-3-8(7)12-15-9/h2-5H,1H3,(H,13,14). The summed E-state index contributed by atoms with van der Waals surface area (Å²) < 4.78 is 5.00. The van der Waals surface area contributed by atoms with Gasteiger partial charge in [-0.3, -0.25) is 4.79 Å². The van der Waals surface area contributed by atoms with E-state index in [0.717, 1.165) is 0 Å². The SMILES string of the molecule is CC(C(=O)O)c1onc2ccc(Cl)cc12. The van der Waals surface area contributed by atoms with Gasteiger partial charge in [0.15, 0.2) is 5.76 Å². The molecule has 4 nitrogen and oxygen atoms in total. The van der Waals surface area contributed by atoms with Crippen molar-refractivity contribution in [2.24, 2.45) is 0 Å². The minimum absolute atomic E-state index is 0.333. The molecule has 1 atom stereocenters. The van der Waals surface area contributed by atoms with Crippen LogP contribution in [0.25, 0.3) is 10.9 Å². The van der Waals surface area contributed by atoms with Gasteiger partial charge in [-0.2, -0.15) is 0 Å². The van der Waals surface area contributed by atoms with Crippen LogP contribution >= 0.6 is 11.6 Å². The number of aromatic nitrogens is 1. The third-order valence-electron chi connectivity index (χ3n) is 2.23. The lowest BCUT2D eigenvalue weighted by Crippen LogP contribution is -2.06. The second-order valence-electron chi connectivity index (χ2n) is 3.27. The van der Waals surface area contributed by atoms with Gasteiger partial charge in [0.1, 0.15) is 11.4 Å². The summed E-state index contributed by atoms with van der Waals surface area (Å²) in [6.45, 7) is 1.54. The first kappa shape index (κ1) is 9.98. The van der Waals surface area contributed by atoms with E-state index in [9.17, 15) is 4.79 Å². The molecule has 1 N–H and O–H groups in total. The fourth-order valence-electron chi connectivity index (χ4n) is 1.36. The predicted octanol–water partition coefficient (Wildman–Crippen LogP) is 2.67. The van der Waals surface area contributed by atoms with Crippen LogP contribution in [0, 0.1) is 0 Å². The summed E-state index contributed by atoms with van der Waals surface area (Å²) in [4.78, 5) is 10.8. The maximum Gasteiger partial charge on any atom is 0.314 e. The minimum atomic E-state index is -0.951. The molecule has 0 aliphatic carbocycles. The molecule has 1 heterocycles. The molecule has 0 fully saturated rings. The van der Waals surface area contributed by atoms with E-state index < -0.39 is 11.9 Å². The van der Waals surface area contributed by atoms with E-state index in [2.05, 4.69) is 5.16 Å². The van der Waals surface area contributed by atoms with Crippen molar-refractivity contribution in [2.75, 3.05) is 0 Å². The molecule has 2 aromatic rings. The number of carboxylic acid groups (broad SMARTS) is 1. The summed E-state index contributed by atoms with van der Waals surface area (Å²) >= 11 is 5.81. The summed E-state index contributed by atoms with van der Waals surface area (Å²) in [5.41, 5.74) is 0.613. The second-order valence-corrected chi connectivity index (χ2v) is 3.70. The van der Waals surface area contributed by atoms with Crippen LogP contribution < -0.4 is 0 Å². The molecule has 0 saturated heterocycles. The number of benzene rings is 1. The number of halogens is 1. The van der Waals surface area contributed by atoms with Crippen LogP contribution in [-0.4, -0.2) is 16.2 Å². The molecule has 78 valence electrons. The highest BCUT2D eigenvalue weighted by atomic mass is 35.5. The summed E-state index contributed by atoms with van der Waals surface area (Å²) in [5.74, 6) is -1.35. The van der Waals surface area contributed by atoms with Gasteiger partial charge in [-0.1, -0.05) is 16.8 Å². The predicted molar refractivity (Wildman–Crippen MR) is 55.1 cm³/mol. The fraction of sp³-hybridized carbons (Fsp3) is 0.200. The first-order valence-electron chi connectivity index (χ1n) is 4.37. The van der Waals surface area contributed by atoms with Gasteiger partial charge < -0.3 is 9.63 Å². The second kappa shape index (κ2) is 3.55. The third kappa shape index (κ3) is 1.68. The molecule has 15 heavy (non-hydrogen) atoms. The fourth-order valence-corrected chi connectivity index (χ4v) is 1.53. The number of hydrogen-bond donors (Lipinski definition) is 1. The van der Waals surface area contributed by atoms with Crippen molar-refractivity contribution in [2.45, 2.75) is 12.8 Å². The highest BCUT2D eigenvalue weighted by molar-refractivity contribution is 6.31. The Morgan fingerprint density at radius 3 is 3.00 bits per heavy atom. The number of carboxylic acids is 1. The summed E-state index contributed by atoms with van der Waals surface area (Å²) in [5, 5.41) is 13.8. The van der Waals surface area contributed by atoms with Crippen LogP contribution in [0.15, 0.2) is 22.7 Å². The molecule has 1 aromatic carbocycles. The summed E-state index contributed by atoms with van der Waals surface area (Å²) in [7, 11) is 0. The lowest BCUT2D eigenvalue weighted by molar-refractivity contribution is -0.138. The summed E-state index contributed by atoms with van der Waals surface area (Å²) in [6, 6.07) is 5.03. The lowest BCUT2D eigenvalue weighted by atomic mass is 10.1. The molecule has 5 heteroatoms. The first-order chi connectivity index (χ1) is 7.09. The molecule has 0 aliphatic heterocycles. The Bertz CT molecular complexity index is 520. The van der Waals surface area contributed by atoms with Crippen molar-refractivity contribution in [3.05, 3.63) is 29.0 Å². The van der Waals surface area contributed by atoms with E-state index in [-0.39, 0.29) is 0 Å². The average molecular weight is 226 g/mol. The molecule has 0 bridgehead atoms. The van der Waals surface area contributed by atoms with Crippen molar-refractivity contribution in [1.82, 2.24) is 5.16 Å². The van der Waals surface area contributed by atoms with Crippen LogP contribution in [0.2, 0.25) is 5.02 Å². The monoisotopic (exact) mass is 225 g/mol. The lowest BCUT2D eigenvalue weighted by Gasteiger charge is -2.00. The molecule has 0 spiro atoms. The van der Waals surface area contributed by atoms with Crippen molar-refractivity contribution < 1.29 is 14.4 Å². The Morgan fingerprint density at radius 2 is 2.33 bits per heavy atom. The average Bonchev–Trinajstić information content (AvgIpc) is 2.59. The Labute approximate surface area is 90.4 Å². The van der Waals surface area contributed by atoms with Crippen molar-refractivity contribution in [1.29, 1.82) is 0 Å². The zero-order chi connectivity index (χ0) is 11.0. The van der Waals surface area contributed by atoms with Gasteiger partial charge in [0.05, 0.1) is 0 Å². The summed E-state index contributed by atoms with van der Waals surface area (Å²) in [6.07, 6.45) is 0. The third-order valence-corrected chi connectivity index (χ3v) is 2.47. The topological polar surface area (TPSA) is 63.3 Å². The van der Waals surface area contributed by atoms with Gasteiger partial charge in [-0.25, -0.2) is 0 Å².